The van der Waals surface area contributed by atoms with Crippen molar-refractivity contribution in [1.82, 2.24) is 9.88 Å². The van der Waals surface area contributed by atoms with Gasteiger partial charge in [0.25, 0.3) is 0 Å². The van der Waals surface area contributed by atoms with E-state index in [2.05, 4.69) is 19.6 Å². The highest BCUT2D eigenvalue weighted by molar-refractivity contribution is 5.96. The van der Waals surface area contributed by atoms with Crippen LogP contribution >= 0.6 is 0 Å². The topological polar surface area (TPSA) is 50.0 Å². The lowest BCUT2D eigenvalue weighted by atomic mass is 9.90. The number of ether oxygens (including phenoxy) is 1. The molecule has 3 heterocycles. The average Bonchev–Trinajstić information content (AvgIpc) is 2.99. The molecule has 1 aromatic heterocycles. The van der Waals surface area contributed by atoms with E-state index >= 15 is 0 Å². The maximum Gasteiger partial charge on any atom is 0.416 e. The zero-order valence-corrected chi connectivity index (χ0v) is 22.8. The number of aromatic nitrogens is 1. The molecule has 6 nitrogen and oxygen atoms in total. The Hall–Kier alpha value is -3.90. The fraction of sp³-hybridized carbons (Fsp3) is 0.406. The van der Waals surface area contributed by atoms with Crippen LogP contribution in [-0.2, 0) is 12.7 Å². The first-order chi connectivity index (χ1) is 19.8. The van der Waals surface area contributed by atoms with Gasteiger partial charge < -0.3 is 9.64 Å². The van der Waals surface area contributed by atoms with Crippen molar-refractivity contribution in [1.29, 1.82) is 0 Å². The Labute approximate surface area is 238 Å². The molecule has 2 aliphatic heterocycles. The van der Waals surface area contributed by atoms with Gasteiger partial charge in [0, 0.05) is 62.4 Å². The van der Waals surface area contributed by atoms with Gasteiger partial charge in [0.05, 0.1) is 12.1 Å². The minimum absolute atomic E-state index is 0.0690. The molecule has 2 saturated heterocycles. The number of pyridine rings is 1. The van der Waals surface area contributed by atoms with E-state index in [-0.39, 0.29) is 11.9 Å². The summed E-state index contributed by atoms with van der Waals surface area (Å²) in [5, 5.41) is 0. The first kappa shape index (κ1) is 28.6. The summed E-state index contributed by atoms with van der Waals surface area (Å²) in [6.45, 7) is 11.2. The fourth-order valence-electron chi connectivity index (χ4n) is 5.57. The third-order valence-electron chi connectivity index (χ3n) is 8.00. The lowest BCUT2D eigenvalue weighted by molar-refractivity contribution is -0.137. The van der Waals surface area contributed by atoms with Crippen LogP contribution in [0.5, 0.6) is 5.88 Å². The summed E-state index contributed by atoms with van der Waals surface area (Å²) in [6.07, 6.45) is 1.07. The molecule has 0 unspecified atom stereocenters. The SMILES string of the molecule is [C-]#[N+]c1ccc(CN2CCC(CC(=O)c3ccnc(OC4CCN(c5ccc(C(F)(F)F)cc5)CC4)c3)CC2)cc1. The minimum Gasteiger partial charge on any atom is -0.474 e. The van der Waals surface area contributed by atoms with Crippen LogP contribution in [0.3, 0.4) is 0 Å². The lowest BCUT2D eigenvalue weighted by Crippen LogP contribution is -2.38. The number of benzene rings is 2. The second-order valence-electron chi connectivity index (χ2n) is 10.9. The Morgan fingerprint density at radius 2 is 1.63 bits per heavy atom. The van der Waals surface area contributed by atoms with Crippen molar-refractivity contribution in [2.24, 2.45) is 5.92 Å². The summed E-state index contributed by atoms with van der Waals surface area (Å²) in [5.41, 5.74) is 2.58. The first-order valence-corrected chi connectivity index (χ1v) is 14.0. The van der Waals surface area contributed by atoms with Crippen LogP contribution in [0.1, 0.15) is 53.6 Å². The van der Waals surface area contributed by atoms with Gasteiger partial charge in [0.2, 0.25) is 5.88 Å². The van der Waals surface area contributed by atoms with Crippen LogP contribution in [0.4, 0.5) is 24.5 Å². The number of carbonyl (C=O) groups is 1. The summed E-state index contributed by atoms with van der Waals surface area (Å²) in [4.78, 5) is 25.3. The van der Waals surface area contributed by atoms with Gasteiger partial charge in [0.15, 0.2) is 11.5 Å². The Balaban J connectivity index is 1.07. The molecule has 0 spiro atoms. The quantitative estimate of drug-likeness (QED) is 0.215. The molecule has 0 aliphatic carbocycles. The number of hydrogen-bond donors (Lipinski definition) is 0. The number of carbonyl (C=O) groups excluding carboxylic acids is 1. The number of alkyl halides is 3. The molecule has 214 valence electrons. The standard InChI is InChI=1S/C32H33F3N4O2/c1-36-27-6-2-24(3-7-27)22-38-16-11-23(12-17-38)20-30(40)25-10-15-37-31(21-25)41-29-13-18-39(19-14-29)28-8-4-26(5-9-28)32(33,34)35/h2-10,15,21,23,29H,11-14,16-20,22H2. The Kier molecular flexibility index (Phi) is 8.89. The maximum atomic E-state index is 13.1. The van der Waals surface area contributed by atoms with Crippen LogP contribution in [0.25, 0.3) is 4.85 Å². The molecular weight excluding hydrogens is 529 g/mol. The average molecular weight is 563 g/mol. The van der Waals surface area contributed by atoms with E-state index in [9.17, 15) is 18.0 Å². The lowest BCUT2D eigenvalue weighted by Gasteiger charge is -2.33. The van der Waals surface area contributed by atoms with Crippen molar-refractivity contribution < 1.29 is 22.7 Å². The van der Waals surface area contributed by atoms with Gasteiger partial charge in [-0.3, -0.25) is 9.69 Å². The van der Waals surface area contributed by atoms with Gasteiger partial charge in [-0.1, -0.05) is 24.3 Å². The number of rotatable bonds is 8. The van der Waals surface area contributed by atoms with Crippen molar-refractivity contribution in [2.45, 2.75) is 50.9 Å². The molecule has 0 bridgehead atoms. The molecule has 0 saturated carbocycles. The third kappa shape index (κ3) is 7.65. The molecule has 3 aromatic rings. The molecule has 41 heavy (non-hydrogen) atoms. The van der Waals surface area contributed by atoms with E-state index < -0.39 is 11.7 Å². The highest BCUT2D eigenvalue weighted by atomic mass is 19.4. The molecular formula is C32H33F3N4O2. The summed E-state index contributed by atoms with van der Waals surface area (Å²) in [5.74, 6) is 0.876. The number of halogens is 3. The number of ketones is 1. The second kappa shape index (κ2) is 12.7. The smallest absolute Gasteiger partial charge is 0.416 e. The molecule has 9 heteroatoms. The van der Waals surface area contributed by atoms with Crippen molar-refractivity contribution in [3.63, 3.8) is 0 Å². The predicted octanol–water partition coefficient (Wildman–Crippen LogP) is 7.18. The van der Waals surface area contributed by atoms with E-state index in [0.717, 1.165) is 50.3 Å². The molecule has 0 radical (unpaired) electrons. The number of likely N-dealkylation sites (tertiary alicyclic amines) is 1. The van der Waals surface area contributed by atoms with Gasteiger partial charge in [0.1, 0.15) is 6.10 Å². The summed E-state index contributed by atoms with van der Waals surface area (Å²) in [7, 11) is 0. The number of anilines is 1. The number of Topliss-reactive ketones (excluding diaryl/α,β-unsaturated/α-hetero) is 1. The number of piperidine rings is 2. The van der Waals surface area contributed by atoms with Crippen LogP contribution in [-0.4, -0.2) is 48.0 Å². The highest BCUT2D eigenvalue weighted by Gasteiger charge is 2.30. The Morgan fingerprint density at radius 3 is 2.27 bits per heavy atom. The molecule has 0 amide bonds. The largest absolute Gasteiger partial charge is 0.474 e. The molecule has 2 fully saturated rings. The highest BCUT2D eigenvalue weighted by Crippen LogP contribution is 2.31. The van der Waals surface area contributed by atoms with Crippen molar-refractivity contribution >= 4 is 17.2 Å². The third-order valence-corrected chi connectivity index (χ3v) is 8.00. The number of hydrogen-bond acceptors (Lipinski definition) is 5. The molecule has 0 atom stereocenters. The fourth-order valence-corrected chi connectivity index (χ4v) is 5.57. The zero-order chi connectivity index (χ0) is 28.8. The van der Waals surface area contributed by atoms with Gasteiger partial charge in [-0.05, 0) is 67.7 Å². The molecule has 0 N–H and O–H groups in total. The van der Waals surface area contributed by atoms with E-state index in [1.165, 1.54) is 17.7 Å². The molecule has 2 aromatic carbocycles. The Bertz CT molecular complexity index is 1350. The van der Waals surface area contributed by atoms with E-state index in [4.69, 9.17) is 11.3 Å². The summed E-state index contributed by atoms with van der Waals surface area (Å²) in [6, 6.07) is 16.5. The summed E-state index contributed by atoms with van der Waals surface area (Å²) >= 11 is 0. The van der Waals surface area contributed by atoms with E-state index in [1.54, 1.807) is 18.3 Å². The predicted molar refractivity (Wildman–Crippen MR) is 151 cm³/mol. The minimum atomic E-state index is -4.34. The second-order valence-corrected chi connectivity index (χ2v) is 10.9. The van der Waals surface area contributed by atoms with Crippen LogP contribution in [0, 0.1) is 12.5 Å². The Morgan fingerprint density at radius 1 is 0.951 bits per heavy atom. The number of nitrogens with zero attached hydrogens (tertiary/aromatic N) is 4. The van der Waals surface area contributed by atoms with Gasteiger partial charge in [-0.15, -0.1) is 0 Å². The monoisotopic (exact) mass is 562 g/mol. The van der Waals surface area contributed by atoms with Gasteiger partial charge in [-0.25, -0.2) is 9.83 Å². The van der Waals surface area contributed by atoms with E-state index in [0.29, 0.717) is 55.4 Å². The molecule has 5 rings (SSSR count). The zero-order valence-electron chi connectivity index (χ0n) is 22.8. The first-order valence-electron chi connectivity index (χ1n) is 14.0. The summed E-state index contributed by atoms with van der Waals surface area (Å²) < 4.78 is 44.7. The van der Waals surface area contributed by atoms with E-state index in [1.807, 2.05) is 24.3 Å². The van der Waals surface area contributed by atoms with Gasteiger partial charge >= 0.3 is 6.18 Å². The van der Waals surface area contributed by atoms with Crippen molar-refractivity contribution in [3.8, 4) is 5.88 Å². The normalized spacial score (nSPS) is 17.3. The maximum absolute atomic E-state index is 13.1. The van der Waals surface area contributed by atoms with Crippen LogP contribution in [0.15, 0.2) is 66.9 Å². The van der Waals surface area contributed by atoms with Crippen molar-refractivity contribution in [2.75, 3.05) is 31.1 Å². The molecule has 2 aliphatic rings. The van der Waals surface area contributed by atoms with Gasteiger partial charge in [-0.2, -0.15) is 13.2 Å². The van der Waals surface area contributed by atoms with Crippen LogP contribution in [0.2, 0.25) is 0 Å². The van der Waals surface area contributed by atoms with Crippen LogP contribution < -0.4 is 9.64 Å². The van der Waals surface area contributed by atoms with Crippen molar-refractivity contribution in [3.05, 3.63) is 95.0 Å².